The van der Waals surface area contributed by atoms with Gasteiger partial charge in [-0.05, 0) is 19.3 Å². The molecule has 0 spiro atoms. The van der Waals surface area contributed by atoms with Crippen molar-refractivity contribution < 1.29 is 4.79 Å². The zero-order chi connectivity index (χ0) is 14.4. The molecule has 0 unspecified atom stereocenters. The fourth-order valence-corrected chi connectivity index (χ4v) is 2.23. The van der Waals surface area contributed by atoms with Crippen LogP contribution in [0, 0.1) is 0 Å². The Kier molecular flexibility index (Phi) is 4.94. The molecule has 0 aliphatic carbocycles. The highest BCUT2D eigenvalue weighted by Gasteiger charge is 2.15. The van der Waals surface area contributed by atoms with Crippen LogP contribution in [-0.2, 0) is 4.79 Å². The van der Waals surface area contributed by atoms with Crippen LogP contribution >= 0.6 is 0 Å². The van der Waals surface area contributed by atoms with Gasteiger partial charge in [0.05, 0.1) is 0 Å². The number of carbonyl (C=O) groups is 1. The number of nitrogen functional groups attached to an aromatic ring is 2. The number of hydrazine groups is 1. The molecule has 8 nitrogen and oxygen atoms in total. The van der Waals surface area contributed by atoms with Gasteiger partial charge in [0.25, 0.3) is 0 Å². The number of nitrogens with two attached hydrogens (primary N) is 2. The number of aromatic nitrogens is 2. The molecule has 2 rings (SSSR count). The van der Waals surface area contributed by atoms with E-state index in [0.29, 0.717) is 24.6 Å². The highest BCUT2D eigenvalue weighted by molar-refractivity contribution is 5.76. The highest BCUT2D eigenvalue weighted by atomic mass is 16.2. The first-order valence-corrected chi connectivity index (χ1v) is 6.82. The van der Waals surface area contributed by atoms with Gasteiger partial charge in [-0.2, -0.15) is 9.97 Å². The van der Waals surface area contributed by atoms with Crippen LogP contribution in [0.1, 0.15) is 25.7 Å². The molecule has 0 atom stereocenters. The van der Waals surface area contributed by atoms with Crippen LogP contribution in [0.25, 0.3) is 0 Å². The van der Waals surface area contributed by atoms with E-state index in [1.165, 1.54) is 6.42 Å². The van der Waals surface area contributed by atoms with Crippen LogP contribution in [0.3, 0.4) is 0 Å². The van der Waals surface area contributed by atoms with Crippen molar-refractivity contribution in [1.82, 2.24) is 14.9 Å². The highest BCUT2D eigenvalue weighted by Crippen LogP contribution is 2.12. The Morgan fingerprint density at radius 2 is 1.95 bits per heavy atom. The Bertz CT molecular complexity index is 459. The average Bonchev–Trinajstić information content (AvgIpc) is 2.47. The maximum Gasteiger partial charge on any atom is 0.224 e. The summed E-state index contributed by atoms with van der Waals surface area (Å²) < 4.78 is 0. The Balaban J connectivity index is 1.80. The third kappa shape index (κ3) is 3.95. The number of likely N-dealkylation sites (tertiary alicyclic amines) is 1. The number of amides is 1. The molecule has 0 aromatic carbocycles. The van der Waals surface area contributed by atoms with Crippen LogP contribution in [0.4, 0.5) is 17.6 Å². The largest absolute Gasteiger partial charge is 0.369 e. The predicted molar refractivity (Wildman–Crippen MR) is 77.8 cm³/mol. The number of anilines is 3. The lowest BCUT2D eigenvalue weighted by atomic mass is 10.1. The van der Waals surface area contributed by atoms with E-state index in [0.717, 1.165) is 25.9 Å². The SMILES string of the molecule is NNc1cc(NCCC(=O)N2CCCCC2)nc(N)n1. The first-order valence-electron chi connectivity index (χ1n) is 6.82. The van der Waals surface area contributed by atoms with E-state index in [9.17, 15) is 4.79 Å². The second-order valence-corrected chi connectivity index (χ2v) is 4.76. The summed E-state index contributed by atoms with van der Waals surface area (Å²) in [5.41, 5.74) is 7.96. The summed E-state index contributed by atoms with van der Waals surface area (Å²) >= 11 is 0. The standard InChI is InChI=1S/C12H21N7O/c13-12-16-9(8-10(17-12)18-14)15-5-4-11(20)19-6-2-1-3-7-19/h8H,1-7,14H2,(H4,13,15,16,17,18). The molecule has 1 saturated heterocycles. The fraction of sp³-hybridized carbons (Fsp3) is 0.583. The van der Waals surface area contributed by atoms with E-state index in [1.54, 1.807) is 6.07 Å². The van der Waals surface area contributed by atoms with Crippen molar-refractivity contribution in [3.63, 3.8) is 0 Å². The summed E-state index contributed by atoms with van der Waals surface area (Å²) in [5.74, 6) is 6.57. The van der Waals surface area contributed by atoms with Crippen LogP contribution in [0.5, 0.6) is 0 Å². The Hall–Kier alpha value is -2.09. The monoisotopic (exact) mass is 279 g/mol. The van der Waals surface area contributed by atoms with Crippen molar-refractivity contribution in [1.29, 1.82) is 0 Å². The molecule has 1 amide bonds. The number of piperidine rings is 1. The minimum absolute atomic E-state index is 0.130. The Labute approximate surface area is 117 Å². The van der Waals surface area contributed by atoms with Crippen molar-refractivity contribution in [3.8, 4) is 0 Å². The van der Waals surface area contributed by atoms with Gasteiger partial charge in [0.2, 0.25) is 11.9 Å². The third-order valence-corrected chi connectivity index (χ3v) is 3.25. The summed E-state index contributed by atoms with van der Waals surface area (Å²) in [6.45, 7) is 2.26. The lowest BCUT2D eigenvalue weighted by Crippen LogP contribution is -2.36. The normalized spacial score (nSPS) is 14.9. The van der Waals surface area contributed by atoms with Crippen molar-refractivity contribution in [2.45, 2.75) is 25.7 Å². The van der Waals surface area contributed by atoms with Crippen molar-refractivity contribution in [2.24, 2.45) is 5.84 Å². The van der Waals surface area contributed by atoms with Crippen LogP contribution < -0.4 is 22.3 Å². The van der Waals surface area contributed by atoms with Crippen LogP contribution in [0.2, 0.25) is 0 Å². The molecule has 1 aromatic heterocycles. The number of hydrogen-bond acceptors (Lipinski definition) is 7. The van der Waals surface area contributed by atoms with Gasteiger partial charge in [-0.15, -0.1) is 0 Å². The summed E-state index contributed by atoms with van der Waals surface area (Å²) in [5, 5.41) is 3.06. The molecule has 0 radical (unpaired) electrons. The number of carbonyl (C=O) groups excluding carboxylic acids is 1. The summed E-state index contributed by atoms with van der Waals surface area (Å²) in [6, 6.07) is 1.64. The Morgan fingerprint density at radius 1 is 1.25 bits per heavy atom. The molecule has 0 bridgehead atoms. The van der Waals surface area contributed by atoms with E-state index < -0.39 is 0 Å². The smallest absolute Gasteiger partial charge is 0.224 e. The van der Waals surface area contributed by atoms with Crippen LogP contribution in [-0.4, -0.2) is 40.4 Å². The lowest BCUT2D eigenvalue weighted by Gasteiger charge is -2.26. The maximum atomic E-state index is 12.0. The zero-order valence-electron chi connectivity index (χ0n) is 11.4. The fourth-order valence-electron chi connectivity index (χ4n) is 2.23. The van der Waals surface area contributed by atoms with Gasteiger partial charge in [0.15, 0.2) is 0 Å². The van der Waals surface area contributed by atoms with Gasteiger partial charge in [-0.1, -0.05) is 0 Å². The van der Waals surface area contributed by atoms with E-state index >= 15 is 0 Å². The van der Waals surface area contributed by atoms with E-state index in [4.69, 9.17) is 11.6 Å². The van der Waals surface area contributed by atoms with Crippen molar-refractivity contribution >= 4 is 23.5 Å². The molecular formula is C12H21N7O. The topological polar surface area (TPSA) is 122 Å². The average molecular weight is 279 g/mol. The lowest BCUT2D eigenvalue weighted by molar-refractivity contribution is -0.131. The van der Waals surface area contributed by atoms with Gasteiger partial charge in [0.1, 0.15) is 11.6 Å². The molecule has 0 saturated carbocycles. The molecule has 8 heteroatoms. The van der Waals surface area contributed by atoms with Gasteiger partial charge >= 0.3 is 0 Å². The van der Waals surface area contributed by atoms with Gasteiger partial charge in [0, 0.05) is 32.1 Å². The second-order valence-electron chi connectivity index (χ2n) is 4.76. The second kappa shape index (κ2) is 6.90. The molecule has 20 heavy (non-hydrogen) atoms. The van der Waals surface area contributed by atoms with Gasteiger partial charge in [-0.3, -0.25) is 4.79 Å². The van der Waals surface area contributed by atoms with E-state index in [-0.39, 0.29) is 11.9 Å². The molecule has 1 aliphatic heterocycles. The van der Waals surface area contributed by atoms with Gasteiger partial charge < -0.3 is 21.4 Å². The third-order valence-electron chi connectivity index (χ3n) is 3.25. The number of rotatable bonds is 5. The summed E-state index contributed by atoms with van der Waals surface area (Å²) in [4.78, 5) is 21.8. The molecule has 6 N–H and O–H groups in total. The van der Waals surface area contributed by atoms with Gasteiger partial charge in [-0.25, -0.2) is 5.84 Å². The quantitative estimate of drug-likeness (QED) is 0.447. The first kappa shape index (κ1) is 14.3. The van der Waals surface area contributed by atoms with Crippen molar-refractivity contribution in [2.75, 3.05) is 36.1 Å². The first-order chi connectivity index (χ1) is 9.69. The molecule has 2 heterocycles. The minimum Gasteiger partial charge on any atom is -0.369 e. The summed E-state index contributed by atoms with van der Waals surface area (Å²) in [6.07, 6.45) is 3.87. The minimum atomic E-state index is 0.130. The Morgan fingerprint density at radius 3 is 2.65 bits per heavy atom. The molecular weight excluding hydrogens is 258 g/mol. The van der Waals surface area contributed by atoms with Crippen LogP contribution in [0.15, 0.2) is 6.07 Å². The predicted octanol–water partition coefficient (Wildman–Crippen LogP) is 0.159. The molecule has 110 valence electrons. The molecule has 1 fully saturated rings. The number of nitrogens with one attached hydrogen (secondary N) is 2. The van der Waals surface area contributed by atoms with Crippen molar-refractivity contribution in [3.05, 3.63) is 6.07 Å². The van der Waals surface area contributed by atoms with E-state index in [1.807, 2.05) is 4.90 Å². The zero-order valence-corrected chi connectivity index (χ0v) is 11.4. The number of nitrogens with zero attached hydrogens (tertiary/aromatic N) is 3. The maximum absolute atomic E-state index is 12.0. The molecule has 1 aromatic rings. The number of hydrogen-bond donors (Lipinski definition) is 4. The summed E-state index contributed by atoms with van der Waals surface area (Å²) in [7, 11) is 0. The molecule has 1 aliphatic rings. The van der Waals surface area contributed by atoms with E-state index in [2.05, 4.69) is 20.7 Å².